The molecule has 0 atom stereocenters. The molecule has 0 bridgehead atoms. The minimum atomic E-state index is -0.621. The van der Waals surface area contributed by atoms with Gasteiger partial charge in [0.1, 0.15) is 11.5 Å². The lowest BCUT2D eigenvalue weighted by Gasteiger charge is -2.42. The van der Waals surface area contributed by atoms with Gasteiger partial charge in [-0.05, 0) is 54.0 Å². The van der Waals surface area contributed by atoms with E-state index in [1.807, 2.05) is 32.0 Å². The fourth-order valence-electron chi connectivity index (χ4n) is 6.33. The van der Waals surface area contributed by atoms with Gasteiger partial charge in [0, 0.05) is 48.4 Å². The lowest BCUT2D eigenvalue weighted by molar-refractivity contribution is -0.120. The van der Waals surface area contributed by atoms with E-state index < -0.39 is 5.92 Å². The van der Waals surface area contributed by atoms with Crippen LogP contribution in [-0.4, -0.2) is 31.2 Å². The summed E-state index contributed by atoms with van der Waals surface area (Å²) < 4.78 is 17.9. The van der Waals surface area contributed by atoms with Crippen LogP contribution in [0, 0.1) is 24.7 Å². The number of benzene rings is 2. The number of rotatable bonds is 6. The molecule has 0 spiro atoms. The Balaban J connectivity index is 1.49. The zero-order valence-electron chi connectivity index (χ0n) is 25.3. The average Bonchev–Trinajstić information content (AvgIpc) is 2.86. The van der Waals surface area contributed by atoms with Gasteiger partial charge in [0.25, 0.3) is 5.91 Å². The third-order valence-electron chi connectivity index (χ3n) is 8.17. The predicted octanol–water partition coefficient (Wildman–Crippen LogP) is 7.38. The summed E-state index contributed by atoms with van der Waals surface area (Å²) in [6.45, 7) is 11.8. The van der Waals surface area contributed by atoms with Crippen LogP contribution < -0.4 is 14.8 Å². The third-order valence-corrected chi connectivity index (χ3v) is 8.45. The Morgan fingerprint density at radius 3 is 2.10 bits per heavy atom. The number of amides is 1. The Labute approximate surface area is 252 Å². The molecule has 2 aliphatic carbocycles. The molecule has 8 heteroatoms. The lowest BCUT2D eigenvalue weighted by Crippen LogP contribution is -2.37. The largest absolute Gasteiger partial charge is 0.493 e. The first-order valence-electron chi connectivity index (χ1n) is 14.3. The molecule has 2 aromatic rings. The number of carbonyl (C=O) groups is 3. The first-order chi connectivity index (χ1) is 19.7. The molecular formula is C34H38ClNO6. The number of allylic oxidation sites excluding steroid dienone is 4. The summed E-state index contributed by atoms with van der Waals surface area (Å²) in [5, 5.41) is 3.08. The van der Waals surface area contributed by atoms with Crippen molar-refractivity contribution in [2.45, 2.75) is 73.1 Å². The maximum Gasteiger partial charge on any atom is 0.262 e. The number of hydrogen-bond acceptors (Lipinski definition) is 6. The molecule has 1 amide bonds. The van der Waals surface area contributed by atoms with E-state index in [0.717, 1.165) is 11.1 Å². The number of nitrogens with one attached hydrogen (secondary N) is 1. The van der Waals surface area contributed by atoms with Gasteiger partial charge in [-0.15, -0.1) is 0 Å². The molecule has 0 unspecified atom stereocenters. The first kappa shape index (κ1) is 29.9. The SMILES string of the molecule is COc1cc(C2C3=C(CC(C)(C)CC3=O)OC3=C2C(=O)CC(C)(C)C3)cc(Cl)c1OCC(=O)Nc1ccc(C)cc1C. The summed E-state index contributed by atoms with van der Waals surface area (Å²) in [6.07, 6.45) is 1.90. The van der Waals surface area contributed by atoms with Gasteiger partial charge < -0.3 is 19.5 Å². The number of anilines is 1. The van der Waals surface area contributed by atoms with Gasteiger partial charge in [-0.2, -0.15) is 0 Å². The van der Waals surface area contributed by atoms with Crippen molar-refractivity contribution in [1.29, 1.82) is 0 Å². The summed E-state index contributed by atoms with van der Waals surface area (Å²) in [5.74, 6) is 0.741. The lowest BCUT2D eigenvalue weighted by atomic mass is 9.65. The highest BCUT2D eigenvalue weighted by atomic mass is 35.5. The van der Waals surface area contributed by atoms with Gasteiger partial charge in [-0.1, -0.05) is 57.0 Å². The molecule has 42 heavy (non-hydrogen) atoms. The van der Waals surface area contributed by atoms with Gasteiger partial charge >= 0.3 is 0 Å². The Bertz CT molecular complexity index is 1510. The molecule has 7 nitrogen and oxygen atoms in total. The van der Waals surface area contributed by atoms with Crippen molar-refractivity contribution in [2.24, 2.45) is 10.8 Å². The standard InChI is InChI=1S/C34H38ClNO6/c1-18-8-9-22(19(2)10-18)36-28(39)17-41-32-21(35)11-20(12-25(32)40-7)29-30-23(37)13-33(3,4)15-26(30)42-27-16-34(5,6)14-24(38)31(27)29/h8-12,29H,13-17H2,1-7H3,(H,36,39). The molecule has 0 radical (unpaired) electrons. The van der Waals surface area contributed by atoms with Crippen LogP contribution in [-0.2, 0) is 19.1 Å². The smallest absolute Gasteiger partial charge is 0.262 e. The molecule has 1 N–H and O–H groups in total. The normalized spacial score (nSPS) is 19.6. The van der Waals surface area contributed by atoms with Gasteiger partial charge in [-0.3, -0.25) is 14.4 Å². The summed E-state index contributed by atoms with van der Waals surface area (Å²) >= 11 is 6.76. The van der Waals surface area contributed by atoms with Crippen LogP contribution >= 0.6 is 11.6 Å². The van der Waals surface area contributed by atoms with Gasteiger partial charge in [0.15, 0.2) is 29.7 Å². The van der Waals surface area contributed by atoms with Crippen LogP contribution in [0.25, 0.3) is 0 Å². The van der Waals surface area contributed by atoms with Crippen LogP contribution in [0.3, 0.4) is 0 Å². The maximum atomic E-state index is 13.6. The summed E-state index contributed by atoms with van der Waals surface area (Å²) in [4.78, 5) is 39.9. The average molecular weight is 592 g/mol. The van der Waals surface area contributed by atoms with E-state index in [4.69, 9.17) is 25.8 Å². The molecule has 222 valence electrons. The fourth-order valence-corrected chi connectivity index (χ4v) is 6.61. The number of methoxy groups -OCH3 is 1. The number of aryl methyl sites for hydroxylation is 2. The molecule has 5 rings (SSSR count). The predicted molar refractivity (Wildman–Crippen MR) is 162 cm³/mol. The van der Waals surface area contributed by atoms with E-state index >= 15 is 0 Å². The number of carbonyl (C=O) groups excluding carboxylic acids is 3. The molecule has 0 aromatic heterocycles. The van der Waals surface area contributed by atoms with Gasteiger partial charge in [0.05, 0.1) is 12.1 Å². The van der Waals surface area contributed by atoms with Crippen molar-refractivity contribution in [3.63, 3.8) is 0 Å². The second kappa shape index (κ2) is 10.9. The van der Waals surface area contributed by atoms with Crippen molar-refractivity contribution in [1.82, 2.24) is 0 Å². The molecular weight excluding hydrogens is 554 g/mol. The topological polar surface area (TPSA) is 90.9 Å². The zero-order chi connectivity index (χ0) is 30.6. The second-order valence-corrected chi connectivity index (χ2v) is 13.7. The summed E-state index contributed by atoms with van der Waals surface area (Å²) in [5.41, 5.74) is 3.93. The van der Waals surface area contributed by atoms with Gasteiger partial charge in [0.2, 0.25) is 0 Å². The second-order valence-electron chi connectivity index (χ2n) is 13.3. The highest BCUT2D eigenvalue weighted by Gasteiger charge is 2.48. The number of ketones is 2. The summed E-state index contributed by atoms with van der Waals surface area (Å²) in [7, 11) is 1.49. The highest BCUT2D eigenvalue weighted by Crippen LogP contribution is 2.54. The van der Waals surface area contributed by atoms with Crippen molar-refractivity contribution in [2.75, 3.05) is 19.0 Å². The molecule has 0 fully saturated rings. The fraction of sp³-hybridized carbons (Fsp3) is 0.441. The molecule has 0 saturated heterocycles. The molecule has 3 aliphatic rings. The van der Waals surface area contributed by atoms with Crippen molar-refractivity contribution >= 4 is 34.8 Å². The third kappa shape index (κ3) is 5.84. The summed E-state index contributed by atoms with van der Waals surface area (Å²) in [6, 6.07) is 9.21. The number of hydrogen-bond donors (Lipinski definition) is 1. The monoisotopic (exact) mass is 591 g/mol. The maximum absolute atomic E-state index is 13.6. The molecule has 2 aromatic carbocycles. The minimum Gasteiger partial charge on any atom is -0.493 e. The van der Waals surface area contributed by atoms with E-state index in [1.165, 1.54) is 7.11 Å². The number of halogens is 1. The van der Waals surface area contributed by atoms with Crippen LogP contribution in [0.4, 0.5) is 5.69 Å². The number of ether oxygens (including phenoxy) is 3. The van der Waals surface area contributed by atoms with Crippen molar-refractivity contribution in [3.05, 3.63) is 74.7 Å². The Kier molecular flexibility index (Phi) is 7.77. The highest BCUT2D eigenvalue weighted by molar-refractivity contribution is 6.32. The molecule has 0 saturated carbocycles. The molecule has 1 aliphatic heterocycles. The van der Waals surface area contributed by atoms with E-state index in [9.17, 15) is 14.4 Å². The van der Waals surface area contributed by atoms with Crippen LogP contribution in [0.1, 0.15) is 76.0 Å². The quantitative estimate of drug-likeness (QED) is 0.377. The Hall–Kier alpha value is -3.58. The van der Waals surface area contributed by atoms with E-state index in [-0.39, 0.29) is 45.7 Å². The Morgan fingerprint density at radius 1 is 0.952 bits per heavy atom. The van der Waals surface area contributed by atoms with E-state index in [2.05, 4.69) is 33.0 Å². The zero-order valence-corrected chi connectivity index (χ0v) is 26.1. The Morgan fingerprint density at radius 2 is 1.55 bits per heavy atom. The van der Waals surface area contributed by atoms with E-state index in [0.29, 0.717) is 65.3 Å². The van der Waals surface area contributed by atoms with Crippen LogP contribution in [0.15, 0.2) is 53.0 Å². The van der Waals surface area contributed by atoms with E-state index in [1.54, 1.807) is 12.1 Å². The van der Waals surface area contributed by atoms with Crippen LogP contribution in [0.5, 0.6) is 11.5 Å². The van der Waals surface area contributed by atoms with Crippen molar-refractivity contribution in [3.8, 4) is 11.5 Å². The van der Waals surface area contributed by atoms with Crippen molar-refractivity contribution < 1.29 is 28.6 Å². The number of Topliss-reactive ketones (excluding diaryl/α,β-unsaturated/α-hetero) is 2. The first-order valence-corrected chi connectivity index (χ1v) is 14.6. The van der Waals surface area contributed by atoms with Gasteiger partial charge in [-0.25, -0.2) is 0 Å². The minimum absolute atomic E-state index is 0.0334. The molecule has 1 heterocycles. The van der Waals surface area contributed by atoms with Crippen LogP contribution in [0.2, 0.25) is 5.02 Å².